The van der Waals surface area contributed by atoms with Crippen LogP contribution in [0.5, 0.6) is 0 Å². The summed E-state index contributed by atoms with van der Waals surface area (Å²) in [5.41, 5.74) is 19.3. The summed E-state index contributed by atoms with van der Waals surface area (Å²) in [6, 6.07) is 74.6. The van der Waals surface area contributed by atoms with Gasteiger partial charge in [-0.3, -0.25) is 0 Å². The first-order valence-electron chi connectivity index (χ1n) is 24.7. The second kappa shape index (κ2) is 17.4. The molecule has 0 amide bonds. The molecular weight excluding hydrogens is 833 g/mol. The van der Waals surface area contributed by atoms with E-state index >= 15 is 0 Å². The minimum Gasteiger partial charge on any atom is -0.309 e. The fourth-order valence-corrected chi connectivity index (χ4v) is 10.5. The van der Waals surface area contributed by atoms with Gasteiger partial charge in [-0.25, -0.2) is 0 Å². The van der Waals surface area contributed by atoms with Gasteiger partial charge in [-0.05, 0) is 127 Å². The van der Waals surface area contributed by atoms with Crippen molar-refractivity contribution in [2.24, 2.45) is 5.92 Å². The minimum absolute atomic E-state index is 0.0294. The fraction of sp³-hybridized carbons (Fsp3) is 0.164. The van der Waals surface area contributed by atoms with Crippen molar-refractivity contribution in [3.05, 3.63) is 235 Å². The van der Waals surface area contributed by atoms with Crippen molar-refractivity contribution >= 4 is 55.2 Å². The Morgan fingerprint density at radius 1 is 0.464 bits per heavy atom. The van der Waals surface area contributed by atoms with E-state index in [0.29, 0.717) is 5.92 Å². The van der Waals surface area contributed by atoms with Crippen molar-refractivity contribution in [3.8, 4) is 39.1 Å². The summed E-state index contributed by atoms with van der Waals surface area (Å²) in [6.07, 6.45) is 8.16. The van der Waals surface area contributed by atoms with Crippen molar-refractivity contribution in [1.29, 1.82) is 0 Å². The molecular formula is C67H60N2. The van der Waals surface area contributed by atoms with E-state index in [0.717, 1.165) is 29.2 Å². The van der Waals surface area contributed by atoms with Crippen LogP contribution in [0, 0.1) is 5.92 Å². The third kappa shape index (κ3) is 8.19. The van der Waals surface area contributed by atoms with E-state index in [-0.39, 0.29) is 10.8 Å². The third-order valence-corrected chi connectivity index (χ3v) is 14.2. The third-order valence-electron chi connectivity index (χ3n) is 14.2. The van der Waals surface area contributed by atoms with E-state index in [1.807, 2.05) is 0 Å². The van der Waals surface area contributed by atoms with Crippen LogP contribution >= 0.6 is 0 Å². The van der Waals surface area contributed by atoms with Gasteiger partial charge >= 0.3 is 0 Å². The van der Waals surface area contributed by atoms with Crippen LogP contribution in [-0.2, 0) is 10.8 Å². The van der Waals surface area contributed by atoms with E-state index < -0.39 is 0 Å². The van der Waals surface area contributed by atoms with Crippen molar-refractivity contribution < 1.29 is 0 Å². The Labute approximate surface area is 408 Å². The van der Waals surface area contributed by atoms with Gasteiger partial charge in [0.2, 0.25) is 0 Å². The zero-order valence-corrected chi connectivity index (χ0v) is 41.0. The summed E-state index contributed by atoms with van der Waals surface area (Å²) in [4.78, 5) is 2.51. The summed E-state index contributed by atoms with van der Waals surface area (Å²) in [5.74, 6) is 0.487. The number of para-hydroxylation sites is 4. The Hall–Kier alpha value is -7.68. The van der Waals surface area contributed by atoms with Crippen LogP contribution in [-0.4, -0.2) is 4.57 Å². The average molecular weight is 893 g/mol. The van der Waals surface area contributed by atoms with E-state index in [4.69, 9.17) is 0 Å². The zero-order valence-electron chi connectivity index (χ0n) is 41.0. The molecule has 9 aromatic carbocycles. The van der Waals surface area contributed by atoms with E-state index in [9.17, 15) is 0 Å². The number of anilines is 3. The SMILES string of the molecule is CC1C=C(c2cccc3cccc(-c4ccccc4N(c4ccc(-c5ccc6c7ccccc7n(-c7ccccc7)c6c5)cc4)c4ccccc4-c4cc(C(C)(C)C)cc(C(C)(C)C)c4)c23)C=CC1. The van der Waals surface area contributed by atoms with Crippen molar-refractivity contribution in [3.63, 3.8) is 0 Å². The number of hydrogen-bond acceptors (Lipinski definition) is 1. The summed E-state index contributed by atoms with van der Waals surface area (Å²) >= 11 is 0. The van der Waals surface area contributed by atoms with Gasteiger partial charge in [-0.1, -0.05) is 218 Å². The predicted molar refractivity (Wildman–Crippen MR) is 298 cm³/mol. The largest absolute Gasteiger partial charge is 0.309 e. The molecule has 1 heterocycles. The van der Waals surface area contributed by atoms with Gasteiger partial charge in [0.15, 0.2) is 0 Å². The lowest BCUT2D eigenvalue weighted by Crippen LogP contribution is -2.17. The van der Waals surface area contributed by atoms with Gasteiger partial charge in [0.25, 0.3) is 0 Å². The second-order valence-electron chi connectivity index (χ2n) is 21.1. The number of aromatic nitrogens is 1. The first-order chi connectivity index (χ1) is 33.4. The first-order valence-corrected chi connectivity index (χ1v) is 24.7. The molecule has 0 fully saturated rings. The number of benzene rings is 9. The van der Waals surface area contributed by atoms with Gasteiger partial charge in [0.05, 0.1) is 22.4 Å². The zero-order chi connectivity index (χ0) is 47.4. The quantitative estimate of drug-likeness (QED) is 0.148. The van der Waals surface area contributed by atoms with Gasteiger partial charge in [-0.15, -0.1) is 0 Å². The highest BCUT2D eigenvalue weighted by Crippen LogP contribution is 2.48. The van der Waals surface area contributed by atoms with Crippen LogP contribution in [0.2, 0.25) is 0 Å². The lowest BCUT2D eigenvalue weighted by Gasteiger charge is -2.31. The topological polar surface area (TPSA) is 8.17 Å². The van der Waals surface area contributed by atoms with Crippen molar-refractivity contribution in [1.82, 2.24) is 4.57 Å². The van der Waals surface area contributed by atoms with Gasteiger partial charge in [-0.2, -0.15) is 0 Å². The average Bonchev–Trinajstić information content (AvgIpc) is 3.70. The second-order valence-corrected chi connectivity index (χ2v) is 21.1. The monoisotopic (exact) mass is 892 g/mol. The Kier molecular flexibility index (Phi) is 11.1. The van der Waals surface area contributed by atoms with E-state index in [2.05, 4.69) is 276 Å². The molecule has 0 saturated heterocycles. The Morgan fingerprint density at radius 2 is 1.04 bits per heavy atom. The molecule has 0 N–H and O–H groups in total. The molecule has 2 nitrogen and oxygen atoms in total. The summed E-state index contributed by atoms with van der Waals surface area (Å²) < 4.78 is 2.40. The normalized spacial score (nSPS) is 14.1. The van der Waals surface area contributed by atoms with E-state index in [1.165, 1.54) is 88.2 Å². The molecule has 0 spiro atoms. The van der Waals surface area contributed by atoms with Crippen LogP contribution in [0.3, 0.4) is 0 Å². The van der Waals surface area contributed by atoms with E-state index in [1.54, 1.807) is 0 Å². The lowest BCUT2D eigenvalue weighted by atomic mass is 9.78. The van der Waals surface area contributed by atoms with Crippen molar-refractivity contribution in [2.45, 2.75) is 65.7 Å². The van der Waals surface area contributed by atoms with Crippen LogP contribution in [0.25, 0.3) is 77.2 Å². The molecule has 338 valence electrons. The van der Waals surface area contributed by atoms with Gasteiger partial charge in [0, 0.05) is 33.3 Å². The van der Waals surface area contributed by atoms with Crippen LogP contribution in [0.4, 0.5) is 17.1 Å². The molecule has 1 unspecified atom stereocenters. The van der Waals surface area contributed by atoms with Crippen molar-refractivity contribution in [2.75, 3.05) is 4.90 Å². The summed E-state index contributed by atoms with van der Waals surface area (Å²) in [5, 5.41) is 5.02. The molecule has 1 aliphatic rings. The molecule has 69 heavy (non-hydrogen) atoms. The molecule has 11 rings (SSSR count). The van der Waals surface area contributed by atoms with Gasteiger partial charge in [0.1, 0.15) is 0 Å². The van der Waals surface area contributed by atoms with Crippen LogP contribution < -0.4 is 4.90 Å². The van der Waals surface area contributed by atoms with Crippen LogP contribution in [0.15, 0.2) is 218 Å². The molecule has 0 saturated carbocycles. The minimum atomic E-state index is -0.0294. The fourth-order valence-electron chi connectivity index (χ4n) is 10.5. The van der Waals surface area contributed by atoms with Gasteiger partial charge < -0.3 is 9.47 Å². The smallest absolute Gasteiger partial charge is 0.0547 e. The number of allylic oxidation sites excluding steroid dienone is 4. The maximum Gasteiger partial charge on any atom is 0.0547 e. The highest BCUT2D eigenvalue weighted by Gasteiger charge is 2.26. The molecule has 0 aliphatic heterocycles. The number of fused-ring (bicyclic) bond motifs is 4. The number of rotatable bonds is 8. The predicted octanol–water partition coefficient (Wildman–Crippen LogP) is 19.0. The molecule has 0 bridgehead atoms. The maximum absolute atomic E-state index is 2.51. The summed E-state index contributed by atoms with van der Waals surface area (Å²) in [6.45, 7) is 16.3. The lowest BCUT2D eigenvalue weighted by molar-refractivity contribution is 0.569. The first kappa shape index (κ1) is 43.9. The molecule has 0 radical (unpaired) electrons. The highest BCUT2D eigenvalue weighted by atomic mass is 15.1. The Balaban J connectivity index is 1.12. The Morgan fingerprint density at radius 3 is 1.74 bits per heavy atom. The molecule has 2 heteroatoms. The standard InChI is InChI=1S/C67H60N2/c1-45-20-17-23-49(40-45)56-29-18-21-47-22-19-30-60(65(47)56)58-28-13-16-33-63(58)68(61-31-14-11-26-55(61)50-41-51(66(2,3)4)44-52(42-50)67(5,6)7)54-37-34-46(35-38-54)48-36-39-59-57-27-12-15-32-62(57)69(64(59)43-48)53-24-9-8-10-25-53/h8-19,21-45H,20H2,1-7H3. The summed E-state index contributed by atoms with van der Waals surface area (Å²) in [7, 11) is 0. The van der Waals surface area contributed by atoms with Crippen LogP contribution in [0.1, 0.15) is 71.6 Å². The highest BCUT2D eigenvalue weighted by molar-refractivity contribution is 6.11. The number of hydrogen-bond donors (Lipinski definition) is 0. The Bertz CT molecular complexity index is 3570. The molecule has 1 aliphatic carbocycles. The molecule has 1 aromatic heterocycles. The molecule has 1 atom stereocenters. The molecule has 10 aromatic rings. The number of nitrogens with zero attached hydrogens (tertiary/aromatic N) is 2. The maximum atomic E-state index is 2.51.